The number of ether oxygens (including phenoxy) is 8. The Morgan fingerprint density at radius 2 is 0.309 bits per heavy atom. The fraction of sp³-hybridized carbons (Fsp3) is 0.529. The minimum Gasteiger partial charge on any atom is -0.496 e. The van der Waals surface area contributed by atoms with Crippen molar-refractivity contribution in [2.24, 2.45) is 11.8 Å². The molecule has 0 bridgehead atoms. The lowest BCUT2D eigenvalue weighted by Gasteiger charge is -2.05. The lowest BCUT2D eigenvalue weighted by atomic mass is 10.0. The van der Waals surface area contributed by atoms with Crippen LogP contribution in [0.1, 0.15) is 289 Å². The van der Waals surface area contributed by atoms with Gasteiger partial charge in [-0.1, -0.05) is 390 Å². The highest BCUT2D eigenvalue weighted by Gasteiger charge is 1.98. The molecule has 0 radical (unpaired) electrons. The molecule has 0 fully saturated rings. The zero-order chi connectivity index (χ0) is 87.7. The molecule has 636 valence electrons. The molecule has 8 aromatic carbocycles. The summed E-state index contributed by atoms with van der Waals surface area (Å²) in [6.07, 6.45) is 13.4. The highest BCUT2D eigenvalue weighted by Crippen LogP contribution is 2.20. The maximum absolute atomic E-state index is 5.04. The van der Waals surface area contributed by atoms with Crippen LogP contribution in [-0.2, 0) is 0 Å². The second-order valence-corrected chi connectivity index (χ2v) is 22.1. The highest BCUT2D eigenvalue weighted by molar-refractivity contribution is 5.36. The van der Waals surface area contributed by atoms with Gasteiger partial charge in [0.15, 0.2) is 0 Å². The van der Waals surface area contributed by atoms with Crippen LogP contribution < -0.4 is 37.9 Å². The number of hydrogen-bond acceptors (Lipinski definition) is 8. The van der Waals surface area contributed by atoms with Gasteiger partial charge in [-0.3, -0.25) is 0 Å². The monoisotopic (exact) mass is 1530 g/mol. The van der Waals surface area contributed by atoms with E-state index >= 15 is 0 Å². The molecule has 8 rings (SSSR count). The summed E-state index contributed by atoms with van der Waals surface area (Å²) >= 11 is 0. The summed E-state index contributed by atoms with van der Waals surface area (Å²) in [5.74, 6) is 9.57. The standard InChI is InChI=1S/8C8H10O.C7H16.C6H14.C5H12.C4H10.8C2H6/c8*1-7-5-3-4-6-8(7)9-2;1-4-7(5-2)6-3;1-4-6(3)5-2;1-3-5-4-2;1-3-4-2;8*1-2/h8*3-6H,1-2H3;7H,4-6H2,1-3H3;6H,4-5H2,1-3H3;3-5H2,1-2H3;3-4H2,1-2H3;8*1-2H3. The predicted octanol–water partition coefficient (Wildman–Crippen LogP) is 33.5. The summed E-state index contributed by atoms with van der Waals surface area (Å²) in [4.78, 5) is 0. The van der Waals surface area contributed by atoms with Crippen LogP contribution in [-0.4, -0.2) is 56.9 Å². The first kappa shape index (κ1) is 129. The van der Waals surface area contributed by atoms with Gasteiger partial charge < -0.3 is 37.9 Å². The maximum Gasteiger partial charge on any atom is 0.121 e. The fourth-order valence-corrected chi connectivity index (χ4v) is 7.79. The minimum absolute atomic E-state index is 0.935. The Balaban J connectivity index is -0.0000000940. The number of benzene rings is 8. The van der Waals surface area contributed by atoms with E-state index in [2.05, 4.69) is 69.2 Å². The van der Waals surface area contributed by atoms with Gasteiger partial charge in [-0.15, -0.1) is 0 Å². The molecule has 0 amide bonds. The number of methoxy groups -OCH3 is 8. The van der Waals surface area contributed by atoms with Gasteiger partial charge in [-0.05, 0) is 160 Å². The SMILES string of the molecule is CC.CC.CC.CC.CC.CC.CC.CC.CCC(C)CC.CCC(CC)CC.CCCC.CCCCC.COc1ccccc1C.COc1ccccc1C.COc1ccccc1C.COc1ccccc1C.COc1ccccc1C.COc1ccccc1C.COc1ccccc1C.COc1ccccc1C. The smallest absolute Gasteiger partial charge is 0.121 e. The van der Waals surface area contributed by atoms with Crippen molar-refractivity contribution in [1.82, 2.24) is 0 Å². The quantitative estimate of drug-likeness (QED) is 0.0947. The number of hydrogen-bond donors (Lipinski definition) is 0. The zero-order valence-corrected chi connectivity index (χ0v) is 80.0. The van der Waals surface area contributed by atoms with Crippen LogP contribution >= 0.6 is 0 Å². The van der Waals surface area contributed by atoms with E-state index in [0.29, 0.717) is 0 Å². The van der Waals surface area contributed by atoms with E-state index in [0.717, 1.165) is 57.8 Å². The second kappa shape index (κ2) is 110. The predicted molar refractivity (Wildman–Crippen MR) is 503 cm³/mol. The third-order valence-corrected chi connectivity index (χ3v) is 14.8. The Hall–Kier alpha value is -7.84. The topological polar surface area (TPSA) is 73.8 Å². The average molecular weight is 1530 g/mol. The van der Waals surface area contributed by atoms with Crippen LogP contribution in [0.3, 0.4) is 0 Å². The van der Waals surface area contributed by atoms with Crippen LogP contribution in [0.5, 0.6) is 46.0 Å². The van der Waals surface area contributed by atoms with Crippen LogP contribution in [0.2, 0.25) is 0 Å². The molecule has 0 N–H and O–H groups in total. The van der Waals surface area contributed by atoms with Gasteiger partial charge in [-0.25, -0.2) is 0 Å². The molecule has 0 aliphatic carbocycles. The average Bonchev–Trinajstić information content (AvgIpc) is 1.00. The van der Waals surface area contributed by atoms with E-state index < -0.39 is 0 Å². The van der Waals surface area contributed by atoms with Crippen molar-refractivity contribution >= 4 is 0 Å². The van der Waals surface area contributed by atoms with Gasteiger partial charge >= 0.3 is 0 Å². The number of rotatable bonds is 16. The third kappa shape index (κ3) is 82.6. The number of para-hydroxylation sites is 8. The van der Waals surface area contributed by atoms with Crippen LogP contribution in [0.25, 0.3) is 0 Å². The third-order valence-electron chi connectivity index (χ3n) is 14.8. The molecule has 0 aliphatic heterocycles. The molecule has 0 heterocycles. The van der Waals surface area contributed by atoms with E-state index in [-0.39, 0.29) is 0 Å². The van der Waals surface area contributed by atoms with Crippen molar-refractivity contribution in [1.29, 1.82) is 0 Å². The van der Waals surface area contributed by atoms with E-state index in [1.165, 1.54) is 109 Å². The molecule has 8 heteroatoms. The summed E-state index contributed by atoms with van der Waals surface area (Å²) in [6, 6.07) is 63.5. The molecule has 0 atom stereocenters. The number of aryl methyl sites for hydroxylation is 8. The van der Waals surface area contributed by atoms with Gasteiger partial charge in [0.25, 0.3) is 0 Å². The molecule has 8 nitrogen and oxygen atoms in total. The molecule has 0 saturated carbocycles. The molecular weight excluding hydrogens is 1350 g/mol. The Morgan fingerprint density at radius 1 is 0.191 bits per heavy atom. The van der Waals surface area contributed by atoms with Gasteiger partial charge in [0.05, 0.1) is 56.9 Å². The molecule has 8 aromatic rings. The first-order valence-electron chi connectivity index (χ1n) is 42.0. The Kier molecular flexibility index (Phi) is 128. The van der Waals surface area contributed by atoms with E-state index in [1.54, 1.807) is 56.9 Å². The van der Waals surface area contributed by atoms with Crippen molar-refractivity contribution in [2.45, 2.75) is 300 Å². The lowest BCUT2D eigenvalue weighted by molar-refractivity contribution is 0.411. The Bertz CT molecular complexity index is 2370. The molecule has 110 heavy (non-hydrogen) atoms. The zero-order valence-electron chi connectivity index (χ0n) is 80.0. The largest absolute Gasteiger partial charge is 0.496 e. The summed E-state index contributed by atoms with van der Waals surface area (Å²) in [5.41, 5.74) is 9.44. The van der Waals surface area contributed by atoms with Crippen molar-refractivity contribution in [3.05, 3.63) is 239 Å². The molecular formula is C102H180O8. The molecule has 0 saturated heterocycles. The molecule has 0 unspecified atom stereocenters. The van der Waals surface area contributed by atoms with Gasteiger partial charge in [0.1, 0.15) is 46.0 Å². The summed E-state index contributed by atoms with van der Waals surface area (Å²) in [5, 5.41) is 0. The first-order chi connectivity index (χ1) is 53.2. The lowest BCUT2D eigenvalue weighted by Crippen LogP contribution is -1.91. The van der Waals surface area contributed by atoms with Crippen LogP contribution in [0.15, 0.2) is 194 Å². The van der Waals surface area contributed by atoms with Crippen molar-refractivity contribution in [2.75, 3.05) is 56.9 Å². The van der Waals surface area contributed by atoms with Crippen molar-refractivity contribution in [3.8, 4) is 46.0 Å². The summed E-state index contributed by atoms with van der Waals surface area (Å²) in [7, 11) is 13.5. The highest BCUT2D eigenvalue weighted by atomic mass is 16.5. The first-order valence-corrected chi connectivity index (χ1v) is 42.0. The van der Waals surface area contributed by atoms with Crippen molar-refractivity contribution < 1.29 is 37.9 Å². The molecule has 0 aliphatic rings. The Labute approximate surface area is 687 Å². The van der Waals surface area contributed by atoms with Crippen molar-refractivity contribution in [3.63, 3.8) is 0 Å². The second-order valence-electron chi connectivity index (χ2n) is 22.1. The van der Waals surface area contributed by atoms with Crippen LogP contribution in [0, 0.1) is 67.2 Å². The number of unbranched alkanes of at least 4 members (excludes halogenated alkanes) is 3. The molecule has 0 aromatic heterocycles. The van der Waals surface area contributed by atoms with Gasteiger partial charge in [0.2, 0.25) is 0 Å². The Morgan fingerprint density at radius 3 is 0.345 bits per heavy atom. The minimum atomic E-state index is 0.935. The fourth-order valence-electron chi connectivity index (χ4n) is 7.79. The van der Waals surface area contributed by atoms with E-state index in [4.69, 9.17) is 37.9 Å². The maximum atomic E-state index is 5.04. The van der Waals surface area contributed by atoms with E-state index in [1.807, 2.05) is 360 Å². The van der Waals surface area contributed by atoms with Gasteiger partial charge in [0, 0.05) is 0 Å². The summed E-state index contributed by atoms with van der Waals surface area (Å²) in [6.45, 7) is 70.5. The normalized spacial score (nSPS) is 8.25. The van der Waals surface area contributed by atoms with Crippen LogP contribution in [0.4, 0.5) is 0 Å². The summed E-state index contributed by atoms with van der Waals surface area (Å²) < 4.78 is 40.4. The molecule has 0 spiro atoms. The van der Waals surface area contributed by atoms with Gasteiger partial charge in [-0.2, -0.15) is 0 Å². The van der Waals surface area contributed by atoms with E-state index in [9.17, 15) is 0 Å².